The van der Waals surface area contributed by atoms with Gasteiger partial charge in [-0.25, -0.2) is 4.90 Å². The lowest BCUT2D eigenvalue weighted by atomic mass is 9.87. The first-order valence-corrected chi connectivity index (χ1v) is 17.6. The van der Waals surface area contributed by atoms with Crippen molar-refractivity contribution in [3.63, 3.8) is 0 Å². The number of nitrogens with zero attached hydrogens (tertiary/aromatic N) is 3. The van der Waals surface area contributed by atoms with E-state index in [1.54, 1.807) is 29.5 Å². The summed E-state index contributed by atoms with van der Waals surface area (Å²) in [4.78, 5) is 58.1. The first kappa shape index (κ1) is 33.8. The van der Waals surface area contributed by atoms with Crippen LogP contribution in [0.15, 0.2) is 41.8 Å². The molecule has 3 heterocycles. The molecule has 0 radical (unpaired) electrons. The Morgan fingerprint density at radius 1 is 1.00 bits per heavy atom. The maximum atomic E-state index is 14.8. The van der Waals surface area contributed by atoms with Crippen molar-refractivity contribution in [1.82, 2.24) is 14.7 Å². The van der Waals surface area contributed by atoms with Crippen molar-refractivity contribution in [2.75, 3.05) is 45.1 Å². The number of ether oxygens (including phenoxy) is 1. The maximum Gasteiger partial charge on any atom is 0.306 e. The first-order valence-electron chi connectivity index (χ1n) is 16.0. The fourth-order valence-corrected chi connectivity index (χ4v) is 8.32. The molecule has 10 nitrogen and oxygen atoms in total. The predicted octanol–water partition coefficient (Wildman–Crippen LogP) is 5.76. The number of likely N-dealkylation sites (N-methyl/N-ethyl adjacent to an activating group) is 1. The zero-order valence-corrected chi connectivity index (χ0v) is 28.5. The van der Waals surface area contributed by atoms with Crippen LogP contribution in [0, 0.1) is 5.92 Å². The second-order valence-electron chi connectivity index (χ2n) is 12.6. The van der Waals surface area contributed by atoms with Crippen LogP contribution in [0.3, 0.4) is 0 Å². The van der Waals surface area contributed by atoms with Gasteiger partial charge in [0.1, 0.15) is 0 Å². The molecule has 3 fully saturated rings. The number of thiophene rings is 1. The van der Waals surface area contributed by atoms with Gasteiger partial charge in [-0.2, -0.15) is 0 Å². The quantitative estimate of drug-likeness (QED) is 0.274. The Morgan fingerprint density at radius 2 is 1.72 bits per heavy atom. The highest BCUT2D eigenvalue weighted by molar-refractivity contribution is 7.17. The minimum Gasteiger partial charge on any atom is -0.481 e. The van der Waals surface area contributed by atoms with Crippen LogP contribution in [0.5, 0.6) is 0 Å². The summed E-state index contributed by atoms with van der Waals surface area (Å²) >= 11 is 15.0. The molecule has 1 aliphatic carbocycles. The van der Waals surface area contributed by atoms with Crippen LogP contribution in [-0.2, 0) is 25.5 Å². The number of hydrogen-bond acceptors (Lipinski definition) is 8. The summed E-state index contributed by atoms with van der Waals surface area (Å²) in [6.07, 6.45) is 3.21. The van der Waals surface area contributed by atoms with Crippen LogP contribution in [0.25, 0.3) is 10.1 Å². The summed E-state index contributed by atoms with van der Waals surface area (Å²) in [7, 11) is 1.75. The number of nitrogens with one attached hydrogen (secondary N) is 1. The lowest BCUT2D eigenvalue weighted by molar-refractivity contribution is -0.258. The molecule has 1 atom stereocenters. The second-order valence-corrected chi connectivity index (χ2v) is 14.3. The standard InChI is InChI=1S/C34H38Cl2N4O6S/c1-38-14-15-40(19-31(38)42)34(39-12-4-5-13-39,46-23-10-8-21(9-11-23)33(44)45)30(41)17-22-16-27(36)28(18-26(22)35)37-32(43)25-20-47-29-7-3-2-6-24(25)29/h2-3,6-7,16,18,20-21,23H,4-5,8-15,17,19H2,1H3,(H,37,43)(H,44,45). The number of carbonyl (C=O) groups excluding carboxylic acids is 3. The zero-order valence-electron chi connectivity index (χ0n) is 26.2. The van der Waals surface area contributed by atoms with Crippen LogP contribution < -0.4 is 5.32 Å². The number of anilines is 1. The Morgan fingerprint density at radius 3 is 2.43 bits per heavy atom. The van der Waals surface area contributed by atoms with Crippen LogP contribution in [0.1, 0.15) is 54.4 Å². The molecule has 0 bridgehead atoms. The molecule has 2 N–H and O–H groups in total. The monoisotopic (exact) mass is 700 g/mol. The number of benzene rings is 2. The third-order valence-electron chi connectivity index (χ3n) is 9.60. The molecule has 0 spiro atoms. The number of piperazine rings is 1. The summed E-state index contributed by atoms with van der Waals surface area (Å²) in [5, 5.41) is 15.6. The van der Waals surface area contributed by atoms with Crippen molar-refractivity contribution >= 4 is 73.9 Å². The smallest absolute Gasteiger partial charge is 0.306 e. The summed E-state index contributed by atoms with van der Waals surface area (Å²) in [5.74, 6) is -3.47. The average molecular weight is 702 g/mol. The number of hydrogen-bond donors (Lipinski definition) is 2. The Balaban J connectivity index is 1.28. The van der Waals surface area contributed by atoms with E-state index in [0.29, 0.717) is 68.7 Å². The summed E-state index contributed by atoms with van der Waals surface area (Å²) in [5.41, 5.74) is 1.33. The molecule has 250 valence electrons. The van der Waals surface area contributed by atoms with Crippen LogP contribution in [0.4, 0.5) is 5.69 Å². The number of carboxylic acids is 1. The van der Waals surface area contributed by atoms with Gasteiger partial charge in [-0.1, -0.05) is 41.4 Å². The van der Waals surface area contributed by atoms with Gasteiger partial charge in [-0.05, 0) is 62.3 Å². The van der Waals surface area contributed by atoms with Gasteiger partial charge in [0, 0.05) is 60.1 Å². The lowest BCUT2D eigenvalue weighted by Crippen LogP contribution is -2.71. The Hall–Kier alpha value is -3.06. The van der Waals surface area contributed by atoms with E-state index in [0.717, 1.165) is 22.9 Å². The number of aliphatic carboxylic acids is 1. The molecule has 1 aromatic heterocycles. The van der Waals surface area contributed by atoms with Gasteiger partial charge in [0.2, 0.25) is 11.8 Å². The number of ketones is 1. The lowest BCUT2D eigenvalue weighted by Gasteiger charge is -2.51. The molecule has 13 heteroatoms. The average Bonchev–Trinajstić information content (AvgIpc) is 3.75. The van der Waals surface area contributed by atoms with E-state index in [9.17, 15) is 24.3 Å². The van der Waals surface area contributed by atoms with Crippen molar-refractivity contribution in [2.24, 2.45) is 5.92 Å². The van der Waals surface area contributed by atoms with Gasteiger partial charge >= 0.3 is 5.97 Å². The summed E-state index contributed by atoms with van der Waals surface area (Å²) in [6.45, 7) is 2.13. The van der Waals surface area contributed by atoms with E-state index in [4.69, 9.17) is 27.9 Å². The number of rotatable bonds is 10. The van der Waals surface area contributed by atoms with Gasteiger partial charge < -0.3 is 20.1 Å². The molecule has 2 aromatic carbocycles. The number of halogens is 2. The number of Topliss-reactive ketones (excluding diaryl/α,β-unsaturated/α-hetero) is 1. The van der Waals surface area contributed by atoms with E-state index in [1.165, 1.54) is 11.3 Å². The zero-order chi connectivity index (χ0) is 33.3. The molecule has 2 aliphatic heterocycles. The molecule has 2 amide bonds. The van der Waals surface area contributed by atoms with Gasteiger partial charge in [0.05, 0.1) is 34.8 Å². The molecule has 3 aromatic rings. The van der Waals surface area contributed by atoms with Gasteiger partial charge in [-0.3, -0.25) is 24.1 Å². The molecule has 6 rings (SSSR count). The van der Waals surface area contributed by atoms with Gasteiger partial charge in [0.25, 0.3) is 5.91 Å². The highest BCUT2D eigenvalue weighted by atomic mass is 35.5. The normalized spacial score (nSPS) is 22.4. The number of fused-ring (bicyclic) bond motifs is 1. The highest BCUT2D eigenvalue weighted by Crippen LogP contribution is 2.38. The fourth-order valence-electron chi connectivity index (χ4n) is 6.92. The van der Waals surface area contributed by atoms with Crippen molar-refractivity contribution in [1.29, 1.82) is 0 Å². The number of amides is 2. The van der Waals surface area contributed by atoms with Crippen LogP contribution in [0.2, 0.25) is 10.0 Å². The Kier molecular flexibility index (Phi) is 10.2. The Bertz CT molecular complexity index is 1690. The first-order chi connectivity index (χ1) is 22.6. The van der Waals surface area contributed by atoms with E-state index >= 15 is 0 Å². The molecule has 3 aliphatic rings. The van der Waals surface area contributed by atoms with Crippen LogP contribution >= 0.6 is 34.5 Å². The SMILES string of the molecule is CN1CCN(C(OC2CCC(C(=O)O)CC2)(C(=O)Cc2cc(Cl)c(NC(=O)c3csc4ccccc34)cc2Cl)N2CCCC2)CC1=O. The minimum atomic E-state index is -1.53. The van der Waals surface area contributed by atoms with Crippen LogP contribution in [-0.4, -0.2) is 95.1 Å². The van der Waals surface area contributed by atoms with E-state index in [-0.39, 0.29) is 46.7 Å². The molecular weight excluding hydrogens is 663 g/mol. The maximum absolute atomic E-state index is 14.8. The predicted molar refractivity (Wildman–Crippen MR) is 182 cm³/mol. The third kappa shape index (κ3) is 6.93. The van der Waals surface area contributed by atoms with Crippen molar-refractivity contribution in [2.45, 2.75) is 56.9 Å². The summed E-state index contributed by atoms with van der Waals surface area (Å²) in [6, 6.07) is 10.8. The molecular formula is C34H38Cl2N4O6S. The Labute approximate surface area is 287 Å². The molecule has 1 unspecified atom stereocenters. The fraction of sp³-hybridized carbons (Fsp3) is 0.471. The molecule has 47 heavy (non-hydrogen) atoms. The van der Waals surface area contributed by atoms with Crippen molar-refractivity contribution in [3.05, 3.63) is 63.0 Å². The second kappa shape index (κ2) is 14.2. The molecule has 2 saturated heterocycles. The van der Waals surface area contributed by atoms with E-state index < -0.39 is 17.7 Å². The van der Waals surface area contributed by atoms with Gasteiger partial charge in [-0.15, -0.1) is 11.3 Å². The minimum absolute atomic E-state index is 0.0138. The number of carbonyl (C=O) groups is 4. The van der Waals surface area contributed by atoms with Crippen molar-refractivity contribution in [3.8, 4) is 0 Å². The summed E-state index contributed by atoms with van der Waals surface area (Å²) < 4.78 is 7.87. The highest BCUT2D eigenvalue weighted by Gasteiger charge is 2.54. The van der Waals surface area contributed by atoms with E-state index in [2.05, 4.69) is 5.32 Å². The number of likely N-dealkylation sites (tertiary alicyclic amines) is 1. The van der Waals surface area contributed by atoms with Crippen molar-refractivity contribution < 1.29 is 29.0 Å². The number of carboxylic acid groups (broad SMARTS) is 1. The largest absolute Gasteiger partial charge is 0.481 e. The third-order valence-corrected chi connectivity index (χ3v) is 11.2. The topological polar surface area (TPSA) is 119 Å². The molecule has 1 saturated carbocycles. The van der Waals surface area contributed by atoms with E-state index in [1.807, 2.05) is 34.1 Å². The van der Waals surface area contributed by atoms with Gasteiger partial charge in [0.15, 0.2) is 5.78 Å².